The van der Waals surface area contributed by atoms with Gasteiger partial charge in [0.05, 0.1) is 17.8 Å². The molecule has 1 fully saturated rings. The lowest BCUT2D eigenvalue weighted by molar-refractivity contribution is -0.00175. The molecule has 4 heteroatoms. The molecule has 0 aromatic carbocycles. The van der Waals surface area contributed by atoms with Gasteiger partial charge in [0, 0.05) is 24.9 Å². The Hall–Kier alpha value is -0.870. The van der Waals surface area contributed by atoms with Crippen molar-refractivity contribution in [2.45, 2.75) is 44.9 Å². The Balaban J connectivity index is 2.15. The fourth-order valence-corrected chi connectivity index (χ4v) is 2.11. The van der Waals surface area contributed by atoms with Crippen molar-refractivity contribution >= 4 is 0 Å². The first-order valence-electron chi connectivity index (χ1n) is 5.57. The quantitative estimate of drug-likeness (QED) is 0.820. The van der Waals surface area contributed by atoms with Crippen LogP contribution in [0.2, 0.25) is 0 Å². The second kappa shape index (κ2) is 3.94. The Labute approximate surface area is 90.4 Å². The molecule has 1 aromatic heterocycles. The molecule has 2 atom stereocenters. The molecule has 2 N–H and O–H groups in total. The first-order chi connectivity index (χ1) is 7.15. The Bertz CT molecular complexity index is 328. The number of ether oxygens (including phenoxy) is 1. The lowest BCUT2D eigenvalue weighted by Crippen LogP contribution is -2.37. The molecule has 0 radical (unpaired) electrons. The fourth-order valence-electron chi connectivity index (χ4n) is 2.11. The lowest BCUT2D eigenvalue weighted by atomic mass is 9.90. The van der Waals surface area contributed by atoms with Crippen molar-refractivity contribution in [2.24, 2.45) is 5.73 Å². The number of nitrogens with two attached hydrogens (primary N) is 1. The van der Waals surface area contributed by atoms with Gasteiger partial charge in [-0.1, -0.05) is 0 Å². The van der Waals surface area contributed by atoms with E-state index in [0.29, 0.717) is 0 Å². The fraction of sp³-hybridized carbons (Fsp3) is 0.727. The molecular formula is C11H19N3O. The smallest absolute Gasteiger partial charge is 0.0848 e. The minimum absolute atomic E-state index is 0.0692. The van der Waals surface area contributed by atoms with Crippen LogP contribution in [0.3, 0.4) is 0 Å². The minimum Gasteiger partial charge on any atom is -0.373 e. The molecule has 15 heavy (non-hydrogen) atoms. The Morgan fingerprint density at radius 3 is 3.07 bits per heavy atom. The second-order valence-electron chi connectivity index (χ2n) is 4.37. The van der Waals surface area contributed by atoms with Gasteiger partial charge in [-0.15, -0.1) is 0 Å². The van der Waals surface area contributed by atoms with Gasteiger partial charge < -0.3 is 10.5 Å². The molecule has 1 aliphatic rings. The van der Waals surface area contributed by atoms with Gasteiger partial charge in [0.2, 0.25) is 0 Å². The van der Waals surface area contributed by atoms with Crippen LogP contribution in [0, 0.1) is 0 Å². The summed E-state index contributed by atoms with van der Waals surface area (Å²) in [5.41, 5.74) is 7.09. The van der Waals surface area contributed by atoms with E-state index in [-0.39, 0.29) is 11.6 Å². The summed E-state index contributed by atoms with van der Waals surface area (Å²) in [6, 6.07) is -0.0692. The number of aryl methyl sites for hydroxylation is 1. The third-order valence-electron chi connectivity index (χ3n) is 3.24. The van der Waals surface area contributed by atoms with Crippen LogP contribution in [-0.4, -0.2) is 22.0 Å². The highest BCUT2D eigenvalue weighted by atomic mass is 16.5. The molecular weight excluding hydrogens is 190 g/mol. The average molecular weight is 209 g/mol. The highest BCUT2D eigenvalue weighted by molar-refractivity contribution is 5.15. The molecule has 2 unspecified atom stereocenters. The second-order valence-corrected chi connectivity index (χ2v) is 4.37. The van der Waals surface area contributed by atoms with Crippen LogP contribution in [0.5, 0.6) is 0 Å². The van der Waals surface area contributed by atoms with Crippen LogP contribution in [0.25, 0.3) is 0 Å². The van der Waals surface area contributed by atoms with Crippen molar-refractivity contribution < 1.29 is 4.74 Å². The zero-order valence-corrected chi connectivity index (χ0v) is 9.44. The zero-order valence-electron chi connectivity index (χ0n) is 9.44. The van der Waals surface area contributed by atoms with Crippen LogP contribution in [0.15, 0.2) is 12.4 Å². The van der Waals surface area contributed by atoms with E-state index < -0.39 is 0 Å². The van der Waals surface area contributed by atoms with Gasteiger partial charge in [0.1, 0.15) is 0 Å². The van der Waals surface area contributed by atoms with Gasteiger partial charge in [-0.3, -0.25) is 4.68 Å². The lowest BCUT2D eigenvalue weighted by Gasteiger charge is -2.29. The number of hydrogen-bond acceptors (Lipinski definition) is 3. The summed E-state index contributed by atoms with van der Waals surface area (Å²) >= 11 is 0. The molecule has 84 valence electrons. The normalized spacial score (nSPS) is 28.2. The van der Waals surface area contributed by atoms with Gasteiger partial charge >= 0.3 is 0 Å². The summed E-state index contributed by atoms with van der Waals surface area (Å²) < 4.78 is 7.63. The van der Waals surface area contributed by atoms with E-state index in [9.17, 15) is 0 Å². The van der Waals surface area contributed by atoms with Crippen molar-refractivity contribution in [1.29, 1.82) is 0 Å². The largest absolute Gasteiger partial charge is 0.373 e. The van der Waals surface area contributed by atoms with Gasteiger partial charge in [-0.05, 0) is 26.7 Å². The van der Waals surface area contributed by atoms with Crippen LogP contribution in [0.1, 0.15) is 38.3 Å². The van der Waals surface area contributed by atoms with Crippen molar-refractivity contribution in [1.82, 2.24) is 9.78 Å². The molecule has 2 heterocycles. The maximum absolute atomic E-state index is 6.22. The summed E-state index contributed by atoms with van der Waals surface area (Å²) in [5, 5.41) is 4.24. The Kier molecular flexibility index (Phi) is 2.80. The van der Waals surface area contributed by atoms with E-state index in [0.717, 1.165) is 31.6 Å². The molecule has 0 bridgehead atoms. The molecule has 1 saturated heterocycles. The summed E-state index contributed by atoms with van der Waals surface area (Å²) in [6.45, 7) is 5.86. The predicted molar refractivity (Wildman–Crippen MR) is 58.4 cm³/mol. The third-order valence-corrected chi connectivity index (χ3v) is 3.24. The molecule has 4 nitrogen and oxygen atoms in total. The molecule has 0 spiro atoms. The molecule has 0 saturated carbocycles. The maximum atomic E-state index is 6.22. The van der Waals surface area contributed by atoms with Crippen LogP contribution in [-0.2, 0) is 11.3 Å². The third kappa shape index (κ3) is 1.92. The van der Waals surface area contributed by atoms with E-state index in [1.54, 1.807) is 0 Å². The number of nitrogens with zero attached hydrogens (tertiary/aromatic N) is 2. The van der Waals surface area contributed by atoms with E-state index in [1.807, 2.05) is 17.1 Å². The highest BCUT2D eigenvalue weighted by Crippen LogP contribution is 2.35. The molecule has 0 aliphatic carbocycles. The monoisotopic (exact) mass is 209 g/mol. The minimum atomic E-state index is -0.207. The molecule has 1 aliphatic heterocycles. The number of aromatic nitrogens is 2. The first-order valence-corrected chi connectivity index (χ1v) is 5.57. The number of rotatable bonds is 3. The van der Waals surface area contributed by atoms with Gasteiger partial charge in [0.25, 0.3) is 0 Å². The standard InChI is InChI=1S/C11H19N3O/c1-3-14-8-9(7-13-14)10(12)11(2)5-4-6-15-11/h7-8,10H,3-6,12H2,1-2H3. The van der Waals surface area contributed by atoms with E-state index in [1.165, 1.54) is 0 Å². The average Bonchev–Trinajstić information content (AvgIpc) is 2.85. The SMILES string of the molecule is CCn1cc(C(N)C2(C)CCCO2)cn1. The van der Waals surface area contributed by atoms with Crippen LogP contribution in [0.4, 0.5) is 0 Å². The maximum Gasteiger partial charge on any atom is 0.0848 e. The summed E-state index contributed by atoms with van der Waals surface area (Å²) in [5.74, 6) is 0. The van der Waals surface area contributed by atoms with Gasteiger partial charge in [-0.2, -0.15) is 5.10 Å². The number of hydrogen-bond donors (Lipinski definition) is 1. The Morgan fingerprint density at radius 2 is 2.53 bits per heavy atom. The highest BCUT2D eigenvalue weighted by Gasteiger charge is 2.37. The van der Waals surface area contributed by atoms with E-state index in [4.69, 9.17) is 10.5 Å². The zero-order chi connectivity index (χ0) is 10.9. The first kappa shape index (κ1) is 10.6. The summed E-state index contributed by atoms with van der Waals surface area (Å²) in [4.78, 5) is 0. The van der Waals surface area contributed by atoms with Crippen molar-refractivity contribution in [3.8, 4) is 0 Å². The predicted octanol–water partition coefficient (Wildman–Crippen LogP) is 1.47. The van der Waals surface area contributed by atoms with Gasteiger partial charge in [-0.25, -0.2) is 0 Å². The summed E-state index contributed by atoms with van der Waals surface area (Å²) in [7, 11) is 0. The van der Waals surface area contributed by atoms with Crippen molar-refractivity contribution in [3.05, 3.63) is 18.0 Å². The molecule has 0 amide bonds. The van der Waals surface area contributed by atoms with Crippen molar-refractivity contribution in [2.75, 3.05) is 6.61 Å². The van der Waals surface area contributed by atoms with Crippen LogP contribution >= 0.6 is 0 Å². The van der Waals surface area contributed by atoms with Crippen molar-refractivity contribution in [3.63, 3.8) is 0 Å². The van der Waals surface area contributed by atoms with E-state index in [2.05, 4.69) is 18.9 Å². The van der Waals surface area contributed by atoms with E-state index >= 15 is 0 Å². The summed E-state index contributed by atoms with van der Waals surface area (Å²) in [6.07, 6.45) is 6.00. The molecule has 1 aromatic rings. The van der Waals surface area contributed by atoms with Crippen LogP contribution < -0.4 is 5.73 Å². The molecule has 2 rings (SSSR count). The Morgan fingerprint density at radius 1 is 1.73 bits per heavy atom. The topological polar surface area (TPSA) is 53.1 Å². The van der Waals surface area contributed by atoms with Gasteiger partial charge in [0.15, 0.2) is 0 Å².